The Kier molecular flexibility index (Phi) is 4.59. The molecule has 1 saturated carbocycles. The number of hydrogen-bond donors (Lipinski definition) is 2. The Morgan fingerprint density at radius 1 is 1.27 bits per heavy atom. The van der Waals surface area contributed by atoms with Crippen LogP contribution in [0.15, 0.2) is 36.5 Å². The van der Waals surface area contributed by atoms with Gasteiger partial charge in [-0.15, -0.1) is 0 Å². The second kappa shape index (κ2) is 6.76. The molecule has 2 aromatic rings. The molecule has 140 valence electrons. The molecule has 26 heavy (non-hydrogen) atoms. The lowest BCUT2D eigenvalue weighted by atomic mass is 9.66. The van der Waals surface area contributed by atoms with Crippen molar-refractivity contribution in [1.29, 1.82) is 0 Å². The number of hydrogen-bond acceptors (Lipinski definition) is 5. The van der Waals surface area contributed by atoms with Crippen LogP contribution >= 0.6 is 0 Å². The Labute approximate surface area is 155 Å². The van der Waals surface area contributed by atoms with Crippen molar-refractivity contribution in [3.8, 4) is 5.69 Å². The van der Waals surface area contributed by atoms with Gasteiger partial charge in [0, 0.05) is 30.6 Å². The molecule has 1 aliphatic heterocycles. The van der Waals surface area contributed by atoms with Crippen molar-refractivity contribution in [3.05, 3.63) is 42.2 Å². The van der Waals surface area contributed by atoms with Crippen LogP contribution in [-0.2, 0) is 6.54 Å². The molecule has 2 unspecified atom stereocenters. The lowest BCUT2D eigenvalue weighted by Crippen LogP contribution is -2.64. The van der Waals surface area contributed by atoms with E-state index in [2.05, 4.69) is 41.3 Å². The van der Waals surface area contributed by atoms with E-state index in [4.69, 9.17) is 0 Å². The van der Waals surface area contributed by atoms with E-state index in [1.54, 1.807) is 11.0 Å². The third-order valence-electron chi connectivity index (χ3n) is 6.08. The topological polar surface area (TPSA) is 66.2 Å². The normalized spacial score (nSPS) is 31.7. The molecular formula is C20H29N5O. The minimum absolute atomic E-state index is 0.131. The van der Waals surface area contributed by atoms with E-state index in [1.807, 2.05) is 30.3 Å². The van der Waals surface area contributed by atoms with Crippen molar-refractivity contribution in [1.82, 2.24) is 25.2 Å². The first-order chi connectivity index (χ1) is 12.5. The Morgan fingerprint density at radius 2 is 2.04 bits per heavy atom. The summed E-state index contributed by atoms with van der Waals surface area (Å²) in [6.45, 7) is 6.30. The van der Waals surface area contributed by atoms with Gasteiger partial charge in [0.05, 0.1) is 23.7 Å². The molecule has 4 atom stereocenters. The predicted molar refractivity (Wildman–Crippen MR) is 101 cm³/mol. The standard InChI is InChI=1S/C20H29N5O/c1-14(2)19-20(13-24(19)3)9-17(18(26)10-20)21-11-15-12-22-25(23-15)16-7-5-4-6-8-16/h4-8,12,14,17-19,21,26H,9-11,13H2,1-3H3/t17-,18-,19?,20?/m1/s1. The molecular weight excluding hydrogens is 326 g/mol. The molecule has 2 N–H and O–H groups in total. The van der Waals surface area contributed by atoms with E-state index in [1.165, 1.54) is 0 Å². The number of aliphatic hydroxyl groups is 1. The maximum atomic E-state index is 10.6. The molecule has 0 amide bonds. The summed E-state index contributed by atoms with van der Waals surface area (Å²) >= 11 is 0. The Morgan fingerprint density at radius 3 is 2.73 bits per heavy atom. The van der Waals surface area contributed by atoms with Crippen molar-refractivity contribution in [2.45, 2.75) is 51.4 Å². The van der Waals surface area contributed by atoms with E-state index in [-0.39, 0.29) is 17.6 Å². The zero-order chi connectivity index (χ0) is 18.3. The van der Waals surface area contributed by atoms with Crippen LogP contribution in [0.5, 0.6) is 0 Å². The first-order valence-corrected chi connectivity index (χ1v) is 9.57. The van der Waals surface area contributed by atoms with Crippen LogP contribution in [-0.4, -0.2) is 56.8 Å². The van der Waals surface area contributed by atoms with Crippen molar-refractivity contribution in [2.75, 3.05) is 13.6 Å². The SMILES string of the molecule is CC(C)C1N(C)CC12C[C@@H](O)[C@H](NCc1cnn(-c3ccccc3)n1)C2. The highest BCUT2D eigenvalue weighted by atomic mass is 16.3. The highest BCUT2D eigenvalue weighted by Crippen LogP contribution is 2.52. The van der Waals surface area contributed by atoms with E-state index in [9.17, 15) is 5.11 Å². The number of benzene rings is 1. The lowest BCUT2D eigenvalue weighted by molar-refractivity contribution is -0.0828. The minimum atomic E-state index is -0.283. The smallest absolute Gasteiger partial charge is 0.0969 e. The first kappa shape index (κ1) is 17.6. The summed E-state index contributed by atoms with van der Waals surface area (Å²) in [6, 6.07) is 10.6. The number of aliphatic hydroxyl groups excluding tert-OH is 1. The summed E-state index contributed by atoms with van der Waals surface area (Å²) in [7, 11) is 2.20. The van der Waals surface area contributed by atoms with Gasteiger partial charge in [0.2, 0.25) is 0 Å². The summed E-state index contributed by atoms with van der Waals surface area (Å²) in [4.78, 5) is 4.09. The fourth-order valence-corrected chi connectivity index (χ4v) is 5.35. The molecule has 1 spiro atoms. The summed E-state index contributed by atoms with van der Waals surface area (Å²) in [6.07, 6.45) is 3.45. The van der Waals surface area contributed by atoms with Crippen LogP contribution < -0.4 is 5.32 Å². The fourth-order valence-electron chi connectivity index (χ4n) is 5.35. The van der Waals surface area contributed by atoms with Crippen molar-refractivity contribution in [3.63, 3.8) is 0 Å². The molecule has 1 aliphatic carbocycles. The predicted octanol–water partition coefficient (Wildman–Crippen LogP) is 1.84. The van der Waals surface area contributed by atoms with E-state index in [0.29, 0.717) is 18.5 Å². The zero-order valence-corrected chi connectivity index (χ0v) is 15.8. The van der Waals surface area contributed by atoms with Gasteiger partial charge in [-0.1, -0.05) is 32.0 Å². The first-order valence-electron chi connectivity index (χ1n) is 9.57. The molecule has 4 rings (SSSR count). The van der Waals surface area contributed by atoms with Crippen LogP contribution in [0.25, 0.3) is 5.69 Å². The minimum Gasteiger partial charge on any atom is -0.391 e. The van der Waals surface area contributed by atoms with Gasteiger partial charge in [0.1, 0.15) is 0 Å². The van der Waals surface area contributed by atoms with Gasteiger partial charge in [-0.25, -0.2) is 0 Å². The third kappa shape index (κ3) is 3.06. The molecule has 0 radical (unpaired) electrons. The summed E-state index contributed by atoms with van der Waals surface area (Å²) in [5.41, 5.74) is 2.12. The molecule has 2 heterocycles. The summed E-state index contributed by atoms with van der Waals surface area (Å²) in [5.74, 6) is 0.616. The maximum absolute atomic E-state index is 10.6. The second-order valence-electron chi connectivity index (χ2n) is 8.39. The number of aromatic nitrogens is 3. The average Bonchev–Trinajstić information content (AvgIpc) is 3.18. The molecule has 2 fully saturated rings. The van der Waals surface area contributed by atoms with Crippen LogP contribution in [0.1, 0.15) is 32.4 Å². The van der Waals surface area contributed by atoms with Gasteiger partial charge in [0.15, 0.2) is 0 Å². The lowest BCUT2D eigenvalue weighted by Gasteiger charge is -2.57. The van der Waals surface area contributed by atoms with Crippen molar-refractivity contribution < 1.29 is 5.11 Å². The van der Waals surface area contributed by atoms with Gasteiger partial charge in [-0.2, -0.15) is 15.0 Å². The van der Waals surface area contributed by atoms with Crippen molar-refractivity contribution >= 4 is 0 Å². The van der Waals surface area contributed by atoms with Crippen LogP contribution in [0.2, 0.25) is 0 Å². The highest BCUT2D eigenvalue weighted by molar-refractivity contribution is 5.28. The van der Waals surface area contributed by atoms with E-state index < -0.39 is 0 Å². The number of para-hydroxylation sites is 1. The maximum Gasteiger partial charge on any atom is 0.0969 e. The molecule has 6 nitrogen and oxygen atoms in total. The fraction of sp³-hybridized carbons (Fsp3) is 0.600. The number of nitrogens with zero attached hydrogens (tertiary/aromatic N) is 4. The van der Waals surface area contributed by atoms with Crippen molar-refractivity contribution in [2.24, 2.45) is 11.3 Å². The molecule has 2 aliphatic rings. The van der Waals surface area contributed by atoms with Gasteiger partial charge in [0.25, 0.3) is 0 Å². The molecule has 6 heteroatoms. The monoisotopic (exact) mass is 355 g/mol. The number of likely N-dealkylation sites (tertiary alicyclic amines) is 1. The number of rotatable bonds is 5. The second-order valence-corrected chi connectivity index (χ2v) is 8.39. The Balaban J connectivity index is 1.38. The van der Waals surface area contributed by atoms with Crippen LogP contribution in [0, 0.1) is 11.3 Å². The molecule has 0 bridgehead atoms. The third-order valence-corrected chi connectivity index (χ3v) is 6.08. The van der Waals surface area contributed by atoms with Gasteiger partial charge in [-0.3, -0.25) is 0 Å². The van der Waals surface area contributed by atoms with E-state index >= 15 is 0 Å². The van der Waals surface area contributed by atoms with Gasteiger partial charge < -0.3 is 15.3 Å². The molecule has 1 aromatic heterocycles. The van der Waals surface area contributed by atoms with Gasteiger partial charge >= 0.3 is 0 Å². The molecule has 1 saturated heterocycles. The summed E-state index contributed by atoms with van der Waals surface area (Å²) in [5, 5.41) is 23.0. The largest absolute Gasteiger partial charge is 0.391 e. The zero-order valence-electron chi connectivity index (χ0n) is 15.8. The molecule has 1 aromatic carbocycles. The summed E-state index contributed by atoms with van der Waals surface area (Å²) < 4.78 is 0. The Bertz CT molecular complexity index is 741. The quantitative estimate of drug-likeness (QED) is 0.857. The van der Waals surface area contributed by atoms with Gasteiger partial charge in [-0.05, 0) is 37.9 Å². The average molecular weight is 355 g/mol. The number of nitrogens with one attached hydrogen (secondary N) is 1. The van der Waals surface area contributed by atoms with E-state index in [0.717, 1.165) is 30.8 Å². The van der Waals surface area contributed by atoms with Crippen LogP contribution in [0.3, 0.4) is 0 Å². The van der Waals surface area contributed by atoms with Crippen LogP contribution in [0.4, 0.5) is 0 Å². The highest BCUT2D eigenvalue weighted by Gasteiger charge is 2.57. The Hall–Kier alpha value is -1.76.